The maximum absolute atomic E-state index is 11.9. The number of H-pyrrole nitrogens is 1. The molecule has 148 valence electrons. The molecule has 0 bridgehead atoms. The quantitative estimate of drug-likeness (QED) is 0.614. The van der Waals surface area contributed by atoms with Crippen molar-refractivity contribution < 1.29 is 14.2 Å². The number of methoxy groups -OCH3 is 1. The summed E-state index contributed by atoms with van der Waals surface area (Å²) in [7, 11) is 1.62. The number of nitrogens with zero attached hydrogens (tertiary/aromatic N) is 1. The van der Waals surface area contributed by atoms with Crippen LogP contribution in [0.3, 0.4) is 0 Å². The fourth-order valence-electron chi connectivity index (χ4n) is 2.27. The number of aromatic nitrogens is 2. The van der Waals surface area contributed by atoms with Crippen molar-refractivity contribution in [2.75, 3.05) is 19.0 Å². The summed E-state index contributed by atoms with van der Waals surface area (Å²) < 4.78 is 17.2. The lowest BCUT2D eigenvalue weighted by Gasteiger charge is -2.16. The Hall–Kier alpha value is -2.22. The third-order valence-corrected chi connectivity index (χ3v) is 4.27. The molecule has 0 saturated heterocycles. The Kier molecular flexibility index (Phi) is 7.53. The largest absolute Gasteiger partial charge is 0.493 e. The smallest absolute Gasteiger partial charge is 0.280 e. The van der Waals surface area contributed by atoms with E-state index in [1.54, 1.807) is 7.11 Å². The minimum Gasteiger partial charge on any atom is -0.493 e. The van der Waals surface area contributed by atoms with E-state index >= 15 is 0 Å². The van der Waals surface area contributed by atoms with Gasteiger partial charge in [-0.2, -0.15) is 0 Å². The Morgan fingerprint density at radius 2 is 1.96 bits per heavy atom. The molecule has 1 aromatic carbocycles. The van der Waals surface area contributed by atoms with Crippen molar-refractivity contribution in [2.45, 2.75) is 40.3 Å². The zero-order chi connectivity index (χ0) is 20.0. The van der Waals surface area contributed by atoms with Gasteiger partial charge in [-0.15, -0.1) is 5.10 Å². The zero-order valence-electron chi connectivity index (χ0n) is 16.3. The molecule has 1 heterocycles. The number of halogens is 1. The van der Waals surface area contributed by atoms with E-state index in [4.69, 9.17) is 14.2 Å². The Balaban J connectivity index is 2.22. The number of hydrogen-bond donors (Lipinski definition) is 2. The number of anilines is 1. The van der Waals surface area contributed by atoms with Gasteiger partial charge in [-0.05, 0) is 53.4 Å². The topological polar surface area (TPSA) is 85.5 Å². The Bertz CT molecular complexity index is 821. The molecule has 0 radical (unpaired) electrons. The van der Waals surface area contributed by atoms with Gasteiger partial charge in [0.05, 0.1) is 19.8 Å². The van der Waals surface area contributed by atoms with Crippen LogP contribution in [0.25, 0.3) is 0 Å². The summed E-state index contributed by atoms with van der Waals surface area (Å²) in [4.78, 5) is 11.9. The van der Waals surface area contributed by atoms with Gasteiger partial charge in [0.2, 0.25) is 0 Å². The van der Waals surface area contributed by atoms with E-state index in [9.17, 15) is 4.79 Å². The highest BCUT2D eigenvalue weighted by Gasteiger charge is 2.15. The van der Waals surface area contributed by atoms with Gasteiger partial charge in [-0.25, -0.2) is 5.10 Å². The molecule has 0 unspecified atom stereocenters. The molecular weight excluding hydrogens is 414 g/mol. The maximum atomic E-state index is 11.9. The Morgan fingerprint density at radius 3 is 2.59 bits per heavy atom. The molecule has 27 heavy (non-hydrogen) atoms. The van der Waals surface area contributed by atoms with Crippen LogP contribution in [-0.2, 0) is 6.54 Å². The summed E-state index contributed by atoms with van der Waals surface area (Å²) in [6.45, 7) is 9.03. The first kappa shape index (κ1) is 21.1. The lowest BCUT2D eigenvalue weighted by Crippen LogP contribution is -2.17. The van der Waals surface area contributed by atoms with Crippen LogP contribution in [0.5, 0.6) is 17.4 Å². The lowest BCUT2D eigenvalue weighted by molar-refractivity contribution is 0.231. The second-order valence-corrected chi connectivity index (χ2v) is 7.55. The second-order valence-electron chi connectivity index (χ2n) is 6.76. The van der Waals surface area contributed by atoms with E-state index in [0.29, 0.717) is 46.6 Å². The van der Waals surface area contributed by atoms with Crippen LogP contribution in [0.1, 0.15) is 33.3 Å². The van der Waals surface area contributed by atoms with Gasteiger partial charge in [-0.3, -0.25) is 4.79 Å². The molecule has 0 aliphatic rings. The molecule has 0 aliphatic carbocycles. The molecule has 2 aromatic rings. The Morgan fingerprint density at radius 1 is 1.22 bits per heavy atom. The molecule has 0 amide bonds. The predicted octanol–water partition coefficient (Wildman–Crippen LogP) is 3.98. The van der Waals surface area contributed by atoms with Crippen LogP contribution in [0.2, 0.25) is 0 Å². The first-order valence-electron chi connectivity index (χ1n) is 8.80. The monoisotopic (exact) mass is 439 g/mol. The normalized spacial score (nSPS) is 11.0. The first-order chi connectivity index (χ1) is 12.8. The van der Waals surface area contributed by atoms with Crippen LogP contribution in [-0.4, -0.2) is 30.0 Å². The minimum atomic E-state index is -0.329. The average Bonchev–Trinajstić information content (AvgIpc) is 2.62. The van der Waals surface area contributed by atoms with Crippen molar-refractivity contribution >= 4 is 21.6 Å². The molecular formula is C19H26BrN3O4. The lowest BCUT2D eigenvalue weighted by atomic mass is 10.2. The van der Waals surface area contributed by atoms with Gasteiger partial charge in [0, 0.05) is 6.54 Å². The number of ether oxygens (including phenoxy) is 3. The summed E-state index contributed by atoms with van der Waals surface area (Å²) in [5.41, 5.74) is 1.15. The number of hydrogen-bond acceptors (Lipinski definition) is 6. The van der Waals surface area contributed by atoms with Crippen molar-refractivity contribution in [1.82, 2.24) is 10.2 Å². The molecule has 2 rings (SSSR count). The van der Waals surface area contributed by atoms with E-state index in [-0.39, 0.29) is 11.7 Å². The molecule has 8 heteroatoms. The number of benzene rings is 1. The SMILES string of the molecule is COc1ccc(CNc2c(OC(C)C)n[nH]c(=O)c2Br)cc1OCC(C)C. The molecule has 0 spiro atoms. The molecule has 0 fully saturated rings. The highest BCUT2D eigenvalue weighted by molar-refractivity contribution is 9.10. The van der Waals surface area contributed by atoms with Gasteiger partial charge in [0.1, 0.15) is 10.2 Å². The van der Waals surface area contributed by atoms with Crippen LogP contribution in [0.4, 0.5) is 5.69 Å². The number of nitrogens with one attached hydrogen (secondary N) is 2. The third-order valence-electron chi connectivity index (χ3n) is 3.51. The van der Waals surface area contributed by atoms with Crippen LogP contribution in [0.15, 0.2) is 27.5 Å². The van der Waals surface area contributed by atoms with Crippen LogP contribution < -0.4 is 25.1 Å². The van der Waals surface area contributed by atoms with Gasteiger partial charge in [0.15, 0.2) is 11.5 Å². The second kappa shape index (κ2) is 9.64. The number of aromatic amines is 1. The van der Waals surface area contributed by atoms with E-state index in [1.165, 1.54) is 0 Å². The van der Waals surface area contributed by atoms with Crippen LogP contribution in [0, 0.1) is 5.92 Å². The van der Waals surface area contributed by atoms with E-state index in [0.717, 1.165) is 5.56 Å². The Labute approximate surface area is 167 Å². The van der Waals surface area contributed by atoms with Gasteiger partial charge in [-0.1, -0.05) is 19.9 Å². The van der Waals surface area contributed by atoms with E-state index in [2.05, 4.69) is 45.3 Å². The predicted molar refractivity (Wildman–Crippen MR) is 109 cm³/mol. The van der Waals surface area contributed by atoms with Crippen molar-refractivity contribution in [2.24, 2.45) is 5.92 Å². The molecule has 1 aromatic heterocycles. The van der Waals surface area contributed by atoms with Gasteiger partial charge >= 0.3 is 0 Å². The van der Waals surface area contributed by atoms with Crippen LogP contribution >= 0.6 is 15.9 Å². The fraction of sp³-hybridized carbons (Fsp3) is 0.474. The number of rotatable bonds is 9. The standard InChI is InChI=1S/C19H26BrN3O4/c1-11(2)10-26-15-8-13(6-7-14(15)25-5)9-21-17-16(20)18(24)22-23-19(17)27-12(3)4/h6-8,11-12H,9-10H2,1-5H3,(H2,21,22,24). The molecule has 0 aliphatic heterocycles. The van der Waals surface area contributed by atoms with Crippen molar-refractivity contribution in [3.05, 3.63) is 38.6 Å². The molecule has 2 N–H and O–H groups in total. The molecule has 0 atom stereocenters. The third kappa shape index (κ3) is 5.89. The first-order valence-corrected chi connectivity index (χ1v) is 9.59. The summed E-state index contributed by atoms with van der Waals surface area (Å²) in [6.07, 6.45) is -0.0760. The zero-order valence-corrected chi connectivity index (χ0v) is 17.8. The summed E-state index contributed by atoms with van der Waals surface area (Å²) in [6, 6.07) is 5.72. The van der Waals surface area contributed by atoms with Crippen molar-refractivity contribution in [3.8, 4) is 17.4 Å². The van der Waals surface area contributed by atoms with E-state index < -0.39 is 0 Å². The van der Waals surface area contributed by atoms with Crippen molar-refractivity contribution in [3.63, 3.8) is 0 Å². The van der Waals surface area contributed by atoms with Crippen molar-refractivity contribution in [1.29, 1.82) is 0 Å². The summed E-state index contributed by atoms with van der Waals surface area (Å²) in [5.74, 6) is 2.11. The molecule has 7 nitrogen and oxygen atoms in total. The molecule has 0 saturated carbocycles. The highest BCUT2D eigenvalue weighted by atomic mass is 79.9. The van der Waals surface area contributed by atoms with Gasteiger partial charge in [0.25, 0.3) is 11.4 Å². The average molecular weight is 440 g/mol. The fourth-order valence-corrected chi connectivity index (χ4v) is 2.66. The van der Waals surface area contributed by atoms with Gasteiger partial charge < -0.3 is 19.5 Å². The summed E-state index contributed by atoms with van der Waals surface area (Å²) in [5, 5.41) is 9.62. The maximum Gasteiger partial charge on any atom is 0.280 e. The minimum absolute atomic E-state index is 0.0760. The summed E-state index contributed by atoms with van der Waals surface area (Å²) >= 11 is 3.30. The highest BCUT2D eigenvalue weighted by Crippen LogP contribution is 2.31. The van der Waals surface area contributed by atoms with E-state index in [1.807, 2.05) is 32.0 Å².